The number of carbonyl (C=O) groups is 2. The van der Waals surface area contributed by atoms with Crippen LogP contribution in [0, 0.1) is 6.92 Å². The van der Waals surface area contributed by atoms with Gasteiger partial charge in [0.1, 0.15) is 0 Å². The van der Waals surface area contributed by atoms with Gasteiger partial charge in [-0.3, -0.25) is 9.69 Å². The van der Waals surface area contributed by atoms with Crippen molar-refractivity contribution in [3.8, 4) is 0 Å². The highest BCUT2D eigenvalue weighted by Gasteiger charge is 2.59. The number of benzene rings is 2. The number of halogens is 1. The molecule has 1 N–H and O–H groups in total. The lowest BCUT2D eigenvalue weighted by Crippen LogP contribution is -2.53. The molecule has 146 valence electrons. The summed E-state index contributed by atoms with van der Waals surface area (Å²) in [5.74, 6) is 0.618. The summed E-state index contributed by atoms with van der Waals surface area (Å²) in [6, 6.07) is 13.4. The minimum atomic E-state index is -1.05. The molecule has 4 rings (SSSR count). The quantitative estimate of drug-likeness (QED) is 0.820. The van der Waals surface area contributed by atoms with Crippen molar-refractivity contribution in [3.05, 3.63) is 64.2 Å². The van der Waals surface area contributed by atoms with Crippen LogP contribution in [0.1, 0.15) is 23.6 Å². The number of nitrogens with one attached hydrogen (secondary N) is 1. The molecule has 2 aromatic carbocycles. The first kappa shape index (κ1) is 19.2. The van der Waals surface area contributed by atoms with Gasteiger partial charge in [0.2, 0.25) is 0 Å². The zero-order valence-electron chi connectivity index (χ0n) is 15.9. The highest BCUT2D eigenvalue weighted by molar-refractivity contribution is 8.01. The summed E-state index contributed by atoms with van der Waals surface area (Å²) in [7, 11) is 0. The molecule has 1 fully saturated rings. The van der Waals surface area contributed by atoms with Crippen molar-refractivity contribution < 1.29 is 9.59 Å². The van der Waals surface area contributed by atoms with Crippen molar-refractivity contribution in [1.29, 1.82) is 0 Å². The van der Waals surface area contributed by atoms with E-state index in [1.54, 1.807) is 15.9 Å². The molecule has 1 unspecified atom stereocenters. The number of hydrogen-bond acceptors (Lipinski definition) is 3. The van der Waals surface area contributed by atoms with Gasteiger partial charge in [0.15, 0.2) is 4.87 Å². The van der Waals surface area contributed by atoms with Gasteiger partial charge in [0.05, 0.1) is 12.2 Å². The topological polar surface area (TPSA) is 52.7 Å². The van der Waals surface area contributed by atoms with E-state index < -0.39 is 4.87 Å². The summed E-state index contributed by atoms with van der Waals surface area (Å²) >= 11 is 7.80. The average Bonchev–Trinajstić information content (AvgIpc) is 3.20. The fraction of sp³-hybridized carbons (Fsp3) is 0.333. The Morgan fingerprint density at radius 2 is 2.11 bits per heavy atom. The number of fused-ring (bicyclic) bond motifs is 2. The van der Waals surface area contributed by atoms with Crippen molar-refractivity contribution in [2.45, 2.75) is 25.3 Å². The predicted molar refractivity (Wildman–Crippen MR) is 114 cm³/mol. The Morgan fingerprint density at radius 3 is 2.86 bits per heavy atom. The van der Waals surface area contributed by atoms with E-state index >= 15 is 0 Å². The SMILES string of the molecule is CCNC(=O)N1CCSC12C(=O)N(Cc1cccc(C)c1)c1ccc(Cl)cc12. The molecule has 2 aliphatic heterocycles. The average molecular weight is 416 g/mol. The molecule has 5 nitrogen and oxygen atoms in total. The third kappa shape index (κ3) is 2.95. The van der Waals surface area contributed by atoms with Crippen molar-refractivity contribution in [2.75, 3.05) is 23.7 Å². The Labute approximate surface area is 174 Å². The molecule has 2 heterocycles. The van der Waals surface area contributed by atoms with Gasteiger partial charge in [-0.15, -0.1) is 11.8 Å². The molecule has 0 aromatic heterocycles. The largest absolute Gasteiger partial charge is 0.338 e. The summed E-state index contributed by atoms with van der Waals surface area (Å²) < 4.78 is 0. The van der Waals surface area contributed by atoms with E-state index in [2.05, 4.69) is 11.4 Å². The Morgan fingerprint density at radius 1 is 1.29 bits per heavy atom. The standard InChI is InChI=1S/C21H22ClN3O2S/c1-3-23-20(27)25-9-10-28-21(25)17-12-16(22)7-8-18(17)24(19(21)26)13-15-6-4-5-14(2)11-15/h4-8,11-12H,3,9-10,13H2,1-2H3,(H,23,27). The zero-order valence-corrected chi connectivity index (χ0v) is 17.4. The van der Waals surface area contributed by atoms with Crippen LogP contribution in [0.2, 0.25) is 5.02 Å². The van der Waals surface area contributed by atoms with E-state index in [9.17, 15) is 9.59 Å². The molecule has 0 aliphatic carbocycles. The first-order valence-corrected chi connectivity index (χ1v) is 10.7. The number of thioether (sulfide) groups is 1. The van der Waals surface area contributed by atoms with Crippen LogP contribution in [0.5, 0.6) is 0 Å². The summed E-state index contributed by atoms with van der Waals surface area (Å²) in [4.78, 5) is 28.9. The van der Waals surface area contributed by atoms with E-state index in [1.807, 2.05) is 44.2 Å². The van der Waals surface area contributed by atoms with Crippen LogP contribution in [0.25, 0.3) is 0 Å². The molecule has 0 bridgehead atoms. The summed E-state index contributed by atoms with van der Waals surface area (Å²) in [6.07, 6.45) is 0. The number of nitrogens with zero attached hydrogens (tertiary/aromatic N) is 2. The number of rotatable bonds is 3. The lowest BCUT2D eigenvalue weighted by molar-refractivity contribution is -0.123. The zero-order chi connectivity index (χ0) is 19.9. The lowest BCUT2D eigenvalue weighted by atomic mass is 10.1. The second-order valence-corrected chi connectivity index (χ2v) is 8.75. The van der Waals surface area contributed by atoms with Gasteiger partial charge in [0, 0.05) is 29.4 Å². The monoisotopic (exact) mass is 415 g/mol. The predicted octanol–water partition coefficient (Wildman–Crippen LogP) is 4.13. The van der Waals surface area contributed by atoms with Crippen LogP contribution < -0.4 is 10.2 Å². The fourth-order valence-corrected chi connectivity index (χ4v) is 5.61. The van der Waals surface area contributed by atoms with Crippen LogP contribution in [-0.4, -0.2) is 35.7 Å². The first-order chi connectivity index (χ1) is 13.5. The molecular formula is C21H22ClN3O2S. The van der Waals surface area contributed by atoms with E-state index in [0.717, 1.165) is 22.4 Å². The van der Waals surface area contributed by atoms with Gasteiger partial charge < -0.3 is 10.2 Å². The number of hydrogen-bond donors (Lipinski definition) is 1. The number of aryl methyl sites for hydroxylation is 1. The van der Waals surface area contributed by atoms with Crippen LogP contribution in [-0.2, 0) is 16.2 Å². The molecule has 1 saturated heterocycles. The van der Waals surface area contributed by atoms with E-state index in [1.165, 1.54) is 11.8 Å². The third-order valence-electron chi connectivity index (χ3n) is 5.15. The van der Waals surface area contributed by atoms with E-state index in [0.29, 0.717) is 30.4 Å². The summed E-state index contributed by atoms with van der Waals surface area (Å²) in [6.45, 7) is 5.40. The van der Waals surface area contributed by atoms with Gasteiger partial charge in [-0.25, -0.2) is 4.79 Å². The molecule has 7 heteroatoms. The molecule has 2 aromatic rings. The number of carbonyl (C=O) groups excluding carboxylic acids is 2. The van der Waals surface area contributed by atoms with Gasteiger partial charge >= 0.3 is 6.03 Å². The molecule has 1 spiro atoms. The maximum atomic E-state index is 13.7. The first-order valence-electron chi connectivity index (χ1n) is 9.34. The fourth-order valence-electron chi connectivity index (χ4n) is 3.98. The maximum Gasteiger partial charge on any atom is 0.319 e. The second kappa shape index (κ2) is 7.33. The highest BCUT2D eigenvalue weighted by atomic mass is 35.5. The van der Waals surface area contributed by atoms with Crippen molar-refractivity contribution >= 4 is 41.0 Å². The number of anilines is 1. The number of amides is 3. The van der Waals surface area contributed by atoms with Crippen LogP contribution in [0.3, 0.4) is 0 Å². The minimum Gasteiger partial charge on any atom is -0.338 e. The molecular weight excluding hydrogens is 394 g/mol. The molecule has 28 heavy (non-hydrogen) atoms. The highest BCUT2D eigenvalue weighted by Crippen LogP contribution is 2.54. The molecule has 2 aliphatic rings. The maximum absolute atomic E-state index is 13.7. The van der Waals surface area contributed by atoms with Crippen molar-refractivity contribution in [1.82, 2.24) is 10.2 Å². The van der Waals surface area contributed by atoms with E-state index in [-0.39, 0.29) is 11.9 Å². The van der Waals surface area contributed by atoms with Gasteiger partial charge in [-0.2, -0.15) is 0 Å². The van der Waals surface area contributed by atoms with Gasteiger partial charge in [-0.1, -0.05) is 41.4 Å². The lowest BCUT2D eigenvalue weighted by Gasteiger charge is -2.33. The normalized spacial score (nSPS) is 20.8. The Bertz CT molecular complexity index is 951. The Balaban J connectivity index is 1.80. The summed E-state index contributed by atoms with van der Waals surface area (Å²) in [5, 5.41) is 3.41. The molecule has 3 amide bonds. The third-order valence-corrected chi connectivity index (χ3v) is 6.81. The molecule has 0 saturated carbocycles. The summed E-state index contributed by atoms with van der Waals surface area (Å²) in [5.41, 5.74) is 3.82. The van der Waals surface area contributed by atoms with Gasteiger partial charge in [0.25, 0.3) is 5.91 Å². The Kier molecular flexibility index (Phi) is 5.02. The van der Waals surface area contributed by atoms with E-state index in [4.69, 9.17) is 11.6 Å². The smallest absolute Gasteiger partial charge is 0.319 e. The molecule has 1 atom stereocenters. The van der Waals surface area contributed by atoms with Crippen molar-refractivity contribution in [3.63, 3.8) is 0 Å². The minimum absolute atomic E-state index is 0.0833. The van der Waals surface area contributed by atoms with Crippen LogP contribution in [0.4, 0.5) is 10.5 Å². The number of urea groups is 1. The van der Waals surface area contributed by atoms with Gasteiger partial charge in [-0.05, 0) is 37.6 Å². The van der Waals surface area contributed by atoms with Crippen molar-refractivity contribution in [2.24, 2.45) is 0 Å². The Hall–Kier alpha value is -2.18. The molecule has 0 radical (unpaired) electrons. The van der Waals surface area contributed by atoms with Crippen LogP contribution in [0.15, 0.2) is 42.5 Å². The second-order valence-electron chi connectivity index (χ2n) is 7.02. The van der Waals surface area contributed by atoms with Crippen LogP contribution >= 0.6 is 23.4 Å².